The standard InChI is InChI=1S/C21H20N2O2/c1-25-21(24)23-12-11-17-9-10-19-18(20(17)23)13-16(14-22-19)8-7-15-5-3-2-4-6-15/h2-6,13-14,17,20H,9-12H2,1H3/t17-,20+/m1/s1. The SMILES string of the molecule is COC(=O)N1CC[C@H]2CCc3ncc(C#Cc4ccccc4)cc3[C@H]21. The molecule has 25 heavy (non-hydrogen) atoms. The Morgan fingerprint density at radius 2 is 2.00 bits per heavy atom. The zero-order valence-corrected chi connectivity index (χ0v) is 14.2. The van der Waals surface area contributed by atoms with E-state index in [1.54, 1.807) is 0 Å². The number of ether oxygens (including phenoxy) is 1. The zero-order chi connectivity index (χ0) is 17.2. The number of hydrogen-bond donors (Lipinski definition) is 0. The second-order valence-corrected chi connectivity index (χ2v) is 6.57. The topological polar surface area (TPSA) is 42.4 Å². The first kappa shape index (κ1) is 15.7. The first-order valence-electron chi connectivity index (χ1n) is 8.67. The predicted octanol–water partition coefficient (Wildman–Crippen LogP) is 3.56. The molecule has 1 aliphatic heterocycles. The molecule has 126 valence electrons. The van der Waals surface area contributed by atoms with Crippen molar-refractivity contribution in [2.24, 2.45) is 5.92 Å². The highest BCUT2D eigenvalue weighted by atomic mass is 16.5. The molecule has 0 unspecified atom stereocenters. The largest absolute Gasteiger partial charge is 0.453 e. The molecule has 1 fully saturated rings. The van der Waals surface area contributed by atoms with Crippen LogP contribution < -0.4 is 0 Å². The van der Waals surface area contributed by atoms with Crippen LogP contribution >= 0.6 is 0 Å². The fourth-order valence-corrected chi connectivity index (χ4v) is 3.93. The number of aromatic nitrogens is 1. The van der Waals surface area contributed by atoms with Crippen molar-refractivity contribution in [2.75, 3.05) is 13.7 Å². The van der Waals surface area contributed by atoms with Gasteiger partial charge in [-0.2, -0.15) is 0 Å². The monoisotopic (exact) mass is 332 g/mol. The molecule has 1 aromatic heterocycles. The number of aryl methyl sites for hydroxylation is 1. The smallest absolute Gasteiger partial charge is 0.410 e. The Balaban J connectivity index is 1.68. The van der Waals surface area contributed by atoms with E-state index in [0.717, 1.165) is 48.2 Å². The number of carbonyl (C=O) groups is 1. The van der Waals surface area contributed by atoms with Gasteiger partial charge < -0.3 is 9.64 Å². The molecule has 4 rings (SSSR count). The summed E-state index contributed by atoms with van der Waals surface area (Å²) in [5.74, 6) is 6.87. The number of likely N-dealkylation sites (tertiary alicyclic amines) is 1. The van der Waals surface area contributed by atoms with Crippen LogP contribution in [0.4, 0.5) is 4.79 Å². The number of benzene rings is 1. The normalized spacial score (nSPS) is 20.9. The van der Waals surface area contributed by atoms with Crippen LogP contribution in [-0.4, -0.2) is 29.6 Å². The molecule has 2 heterocycles. The van der Waals surface area contributed by atoms with Crippen molar-refractivity contribution in [1.82, 2.24) is 9.88 Å². The highest BCUT2D eigenvalue weighted by Crippen LogP contribution is 2.44. The van der Waals surface area contributed by atoms with Crippen molar-refractivity contribution in [3.8, 4) is 11.8 Å². The van der Waals surface area contributed by atoms with Gasteiger partial charge in [0.05, 0.1) is 13.2 Å². The van der Waals surface area contributed by atoms with Gasteiger partial charge in [0, 0.05) is 29.6 Å². The Bertz CT molecular complexity index is 851. The summed E-state index contributed by atoms with van der Waals surface area (Å²) in [5, 5.41) is 0. The number of hydrogen-bond acceptors (Lipinski definition) is 3. The number of methoxy groups -OCH3 is 1. The number of nitrogens with zero attached hydrogens (tertiary/aromatic N) is 2. The molecular weight excluding hydrogens is 312 g/mol. The highest BCUT2D eigenvalue weighted by molar-refractivity contribution is 5.69. The predicted molar refractivity (Wildman–Crippen MR) is 94.9 cm³/mol. The Morgan fingerprint density at radius 3 is 2.80 bits per heavy atom. The summed E-state index contributed by atoms with van der Waals surface area (Å²) < 4.78 is 4.97. The van der Waals surface area contributed by atoms with Gasteiger partial charge in [0.2, 0.25) is 0 Å². The summed E-state index contributed by atoms with van der Waals surface area (Å²) in [6.45, 7) is 0.751. The molecule has 0 saturated carbocycles. The Morgan fingerprint density at radius 1 is 1.20 bits per heavy atom. The lowest BCUT2D eigenvalue weighted by Crippen LogP contribution is -2.34. The maximum Gasteiger partial charge on any atom is 0.410 e. The van der Waals surface area contributed by atoms with Crippen LogP contribution in [0.1, 0.15) is 41.3 Å². The lowest BCUT2D eigenvalue weighted by molar-refractivity contribution is 0.112. The molecule has 0 N–H and O–H groups in total. The Labute approximate surface area is 147 Å². The third-order valence-corrected chi connectivity index (χ3v) is 5.13. The van der Waals surface area contributed by atoms with E-state index in [0.29, 0.717) is 5.92 Å². The van der Waals surface area contributed by atoms with E-state index in [4.69, 9.17) is 4.74 Å². The van der Waals surface area contributed by atoms with Crippen molar-refractivity contribution in [3.05, 3.63) is 65.0 Å². The minimum absolute atomic E-state index is 0.0715. The van der Waals surface area contributed by atoms with E-state index < -0.39 is 0 Å². The third-order valence-electron chi connectivity index (χ3n) is 5.13. The molecule has 4 nitrogen and oxygen atoms in total. The summed E-state index contributed by atoms with van der Waals surface area (Å²) in [4.78, 5) is 18.6. The molecule has 0 spiro atoms. The van der Waals surface area contributed by atoms with Gasteiger partial charge in [-0.1, -0.05) is 30.0 Å². The summed E-state index contributed by atoms with van der Waals surface area (Å²) in [5.41, 5.74) is 4.09. The van der Waals surface area contributed by atoms with E-state index in [9.17, 15) is 4.79 Å². The van der Waals surface area contributed by atoms with Crippen LogP contribution in [0.25, 0.3) is 0 Å². The van der Waals surface area contributed by atoms with Crippen molar-refractivity contribution in [1.29, 1.82) is 0 Å². The summed E-state index contributed by atoms with van der Waals surface area (Å²) in [6, 6.07) is 12.1. The quantitative estimate of drug-likeness (QED) is 0.693. The molecule has 2 atom stereocenters. The molecule has 1 saturated heterocycles. The molecule has 1 aliphatic carbocycles. The number of pyridine rings is 1. The van der Waals surface area contributed by atoms with Crippen LogP contribution in [0.2, 0.25) is 0 Å². The first-order chi connectivity index (χ1) is 12.3. The third kappa shape index (κ3) is 2.98. The van der Waals surface area contributed by atoms with Crippen LogP contribution in [0.5, 0.6) is 0 Å². The van der Waals surface area contributed by atoms with Crippen molar-refractivity contribution >= 4 is 6.09 Å². The average molecular weight is 332 g/mol. The van der Waals surface area contributed by atoms with E-state index in [2.05, 4.69) is 22.9 Å². The fourth-order valence-electron chi connectivity index (χ4n) is 3.93. The minimum Gasteiger partial charge on any atom is -0.453 e. The molecule has 0 bridgehead atoms. The number of carbonyl (C=O) groups excluding carboxylic acids is 1. The van der Waals surface area contributed by atoms with Gasteiger partial charge in [0.1, 0.15) is 0 Å². The number of rotatable bonds is 0. The molecule has 1 amide bonds. The van der Waals surface area contributed by atoms with Crippen LogP contribution in [0.15, 0.2) is 42.6 Å². The number of fused-ring (bicyclic) bond motifs is 3. The molecule has 1 aromatic carbocycles. The van der Waals surface area contributed by atoms with Gasteiger partial charge in [0.25, 0.3) is 0 Å². The average Bonchev–Trinajstić information content (AvgIpc) is 3.11. The molecule has 4 heteroatoms. The molecule has 0 radical (unpaired) electrons. The highest BCUT2D eigenvalue weighted by Gasteiger charge is 2.42. The van der Waals surface area contributed by atoms with E-state index >= 15 is 0 Å². The van der Waals surface area contributed by atoms with E-state index in [1.807, 2.05) is 41.4 Å². The van der Waals surface area contributed by atoms with Crippen molar-refractivity contribution < 1.29 is 9.53 Å². The van der Waals surface area contributed by atoms with Gasteiger partial charge in [-0.05, 0) is 48.9 Å². The first-order valence-corrected chi connectivity index (χ1v) is 8.67. The van der Waals surface area contributed by atoms with Gasteiger partial charge in [0.15, 0.2) is 0 Å². The van der Waals surface area contributed by atoms with Crippen LogP contribution in [-0.2, 0) is 11.2 Å². The van der Waals surface area contributed by atoms with Crippen molar-refractivity contribution in [2.45, 2.75) is 25.3 Å². The van der Waals surface area contributed by atoms with Gasteiger partial charge in [-0.15, -0.1) is 0 Å². The second-order valence-electron chi connectivity index (χ2n) is 6.57. The second kappa shape index (κ2) is 6.60. The fraction of sp³-hybridized carbons (Fsp3) is 0.333. The maximum absolute atomic E-state index is 12.1. The Hall–Kier alpha value is -2.80. The molecule has 2 aromatic rings. The lowest BCUT2D eigenvalue weighted by Gasteiger charge is -2.32. The Kier molecular flexibility index (Phi) is 4.15. The van der Waals surface area contributed by atoms with E-state index in [-0.39, 0.29) is 12.1 Å². The lowest BCUT2D eigenvalue weighted by atomic mass is 9.82. The summed E-state index contributed by atoms with van der Waals surface area (Å²) >= 11 is 0. The minimum atomic E-state index is -0.249. The molecular formula is C21H20N2O2. The van der Waals surface area contributed by atoms with Crippen LogP contribution in [0.3, 0.4) is 0 Å². The van der Waals surface area contributed by atoms with Crippen LogP contribution in [0, 0.1) is 17.8 Å². The van der Waals surface area contributed by atoms with Gasteiger partial charge in [-0.25, -0.2) is 4.79 Å². The van der Waals surface area contributed by atoms with Crippen molar-refractivity contribution in [3.63, 3.8) is 0 Å². The molecule has 2 aliphatic rings. The summed E-state index contributed by atoms with van der Waals surface area (Å²) in [7, 11) is 1.44. The summed E-state index contributed by atoms with van der Waals surface area (Å²) in [6.07, 6.45) is 4.66. The number of amides is 1. The maximum atomic E-state index is 12.1. The van der Waals surface area contributed by atoms with E-state index in [1.165, 1.54) is 7.11 Å². The van der Waals surface area contributed by atoms with Gasteiger partial charge in [-0.3, -0.25) is 4.98 Å². The van der Waals surface area contributed by atoms with Gasteiger partial charge >= 0.3 is 6.09 Å². The zero-order valence-electron chi connectivity index (χ0n) is 14.2.